The van der Waals surface area contributed by atoms with Crippen LogP contribution in [0.4, 0.5) is 0 Å². The molecule has 200 valence electrons. The van der Waals surface area contributed by atoms with E-state index in [0.29, 0.717) is 35.0 Å². The van der Waals surface area contributed by atoms with Gasteiger partial charge in [0.05, 0.1) is 13.0 Å². The van der Waals surface area contributed by atoms with Crippen molar-refractivity contribution in [3.8, 4) is 0 Å². The predicted octanol–water partition coefficient (Wildman–Crippen LogP) is 1.42. The van der Waals surface area contributed by atoms with E-state index in [-0.39, 0.29) is 45.1 Å². The zero-order chi connectivity index (χ0) is 27.0. The Kier molecular flexibility index (Phi) is 16.1. The number of hydroxylamine groups is 4. The third kappa shape index (κ3) is 14.2. The second-order valence-corrected chi connectivity index (χ2v) is 8.76. The fraction of sp³-hybridized carbons (Fsp3) is 0.739. The van der Waals surface area contributed by atoms with Crippen LogP contribution in [0.25, 0.3) is 0 Å². The summed E-state index contributed by atoms with van der Waals surface area (Å²) in [5.74, 6) is -2.01. The molecular weight excluding hydrogens is 464 g/mol. The monoisotopic (exact) mass is 502 g/mol. The first-order valence-electron chi connectivity index (χ1n) is 11.8. The van der Waals surface area contributed by atoms with E-state index >= 15 is 0 Å². The standard InChI is InChI=1S/C11H17NO4.C7H9NO5.C5H12O/c1-8(2)4-3-5-11(15)16-12-9(13)6-7-10(12)14;9-4-3-7(12)13-8-5(10)1-2-6(8)11;1-5(2)3-4-6/h8H,3-7H2,1-2H3;9H,1-4H2;5-6H,3-4H2,1-2H3. The number of aliphatic hydroxyl groups is 2. The van der Waals surface area contributed by atoms with Crippen molar-refractivity contribution in [3.63, 3.8) is 0 Å². The molecule has 0 aromatic rings. The van der Waals surface area contributed by atoms with E-state index in [9.17, 15) is 28.8 Å². The van der Waals surface area contributed by atoms with Gasteiger partial charge in [0.15, 0.2) is 0 Å². The molecule has 2 N–H and O–H groups in total. The second kappa shape index (κ2) is 17.6. The fourth-order valence-corrected chi connectivity index (χ4v) is 2.61. The van der Waals surface area contributed by atoms with Crippen molar-refractivity contribution in [1.29, 1.82) is 0 Å². The molecule has 2 aliphatic rings. The number of nitrogens with zero attached hydrogens (tertiary/aromatic N) is 2. The van der Waals surface area contributed by atoms with Crippen LogP contribution in [0.3, 0.4) is 0 Å². The van der Waals surface area contributed by atoms with Crippen LogP contribution in [0.5, 0.6) is 0 Å². The van der Waals surface area contributed by atoms with Gasteiger partial charge in [0.25, 0.3) is 23.6 Å². The van der Waals surface area contributed by atoms with Crippen LogP contribution in [0.1, 0.15) is 85.5 Å². The molecule has 0 saturated carbocycles. The Morgan fingerprint density at radius 1 is 0.686 bits per heavy atom. The van der Waals surface area contributed by atoms with Gasteiger partial charge in [-0.15, -0.1) is 10.1 Å². The number of amides is 4. The minimum absolute atomic E-state index is 0.0746. The summed E-state index contributed by atoms with van der Waals surface area (Å²) in [5.41, 5.74) is 0. The molecule has 0 bridgehead atoms. The average Bonchev–Trinajstić information content (AvgIpc) is 3.25. The molecule has 2 fully saturated rings. The van der Waals surface area contributed by atoms with Crippen molar-refractivity contribution < 1.29 is 48.7 Å². The first kappa shape index (κ1) is 32.1. The highest BCUT2D eigenvalue weighted by atomic mass is 16.7. The first-order chi connectivity index (χ1) is 16.4. The quantitative estimate of drug-likeness (QED) is 0.417. The highest BCUT2D eigenvalue weighted by Crippen LogP contribution is 2.14. The van der Waals surface area contributed by atoms with Gasteiger partial charge in [-0.1, -0.05) is 34.1 Å². The third-order valence-electron chi connectivity index (χ3n) is 4.58. The molecule has 0 radical (unpaired) electrons. The van der Waals surface area contributed by atoms with Crippen molar-refractivity contribution in [2.24, 2.45) is 11.8 Å². The van der Waals surface area contributed by atoms with Crippen LogP contribution in [0.15, 0.2) is 0 Å². The van der Waals surface area contributed by atoms with E-state index in [4.69, 9.17) is 15.1 Å². The van der Waals surface area contributed by atoms with Gasteiger partial charge in [0, 0.05) is 38.7 Å². The van der Waals surface area contributed by atoms with E-state index in [1.807, 2.05) is 0 Å². The molecule has 12 heteroatoms. The topological polar surface area (TPSA) is 168 Å². The molecule has 0 unspecified atom stereocenters. The molecule has 35 heavy (non-hydrogen) atoms. The molecule has 2 heterocycles. The fourth-order valence-electron chi connectivity index (χ4n) is 2.61. The molecule has 0 aromatic heterocycles. The number of imide groups is 2. The summed E-state index contributed by atoms with van der Waals surface area (Å²) in [6, 6.07) is 0. The molecule has 0 spiro atoms. The SMILES string of the molecule is CC(C)CCCC(=O)ON1C(=O)CCC1=O.CC(C)CCO.O=C(CCO)ON1C(=O)CCC1=O. The van der Waals surface area contributed by atoms with Crippen LogP contribution in [0.2, 0.25) is 0 Å². The maximum Gasteiger partial charge on any atom is 0.335 e. The van der Waals surface area contributed by atoms with E-state index in [1.54, 1.807) is 0 Å². The maximum absolute atomic E-state index is 11.3. The minimum atomic E-state index is -0.786. The van der Waals surface area contributed by atoms with Gasteiger partial charge in [-0.2, -0.15) is 0 Å². The summed E-state index contributed by atoms with van der Waals surface area (Å²) in [6.45, 7) is 8.29. The first-order valence-corrected chi connectivity index (χ1v) is 11.8. The van der Waals surface area contributed by atoms with Gasteiger partial charge in [0.2, 0.25) is 0 Å². The highest BCUT2D eigenvalue weighted by molar-refractivity contribution is 6.02. The van der Waals surface area contributed by atoms with Gasteiger partial charge < -0.3 is 19.9 Å². The van der Waals surface area contributed by atoms with Crippen LogP contribution in [0, 0.1) is 11.8 Å². The van der Waals surface area contributed by atoms with E-state index in [1.165, 1.54) is 0 Å². The number of rotatable bonds is 10. The zero-order valence-electron chi connectivity index (χ0n) is 21.0. The largest absolute Gasteiger partial charge is 0.396 e. The summed E-state index contributed by atoms with van der Waals surface area (Å²) in [5, 5.41) is 17.6. The van der Waals surface area contributed by atoms with Crippen molar-refractivity contribution in [3.05, 3.63) is 0 Å². The number of carbonyl (C=O) groups excluding carboxylic acids is 6. The van der Waals surface area contributed by atoms with Crippen molar-refractivity contribution in [2.45, 2.75) is 85.5 Å². The summed E-state index contributed by atoms with van der Waals surface area (Å²) in [4.78, 5) is 75.2. The van der Waals surface area contributed by atoms with Gasteiger partial charge in [-0.05, 0) is 24.7 Å². The normalized spacial score (nSPS) is 15.2. The van der Waals surface area contributed by atoms with Gasteiger partial charge in [0.1, 0.15) is 0 Å². The molecule has 2 saturated heterocycles. The van der Waals surface area contributed by atoms with Crippen LogP contribution in [-0.4, -0.2) is 69.1 Å². The molecule has 0 aromatic carbocycles. The summed E-state index contributed by atoms with van der Waals surface area (Å²) in [6.07, 6.45) is 3.02. The number of hydrogen-bond donors (Lipinski definition) is 2. The van der Waals surface area contributed by atoms with Crippen LogP contribution in [-0.2, 0) is 38.4 Å². The van der Waals surface area contributed by atoms with Crippen LogP contribution >= 0.6 is 0 Å². The second-order valence-electron chi connectivity index (χ2n) is 8.76. The Balaban J connectivity index is 0.000000546. The van der Waals surface area contributed by atoms with E-state index < -0.39 is 35.6 Å². The Morgan fingerprint density at radius 2 is 1.06 bits per heavy atom. The Bertz CT molecular complexity index is 704. The predicted molar refractivity (Wildman–Crippen MR) is 121 cm³/mol. The van der Waals surface area contributed by atoms with Crippen LogP contribution < -0.4 is 0 Å². The number of hydrogen-bond acceptors (Lipinski definition) is 10. The third-order valence-corrected chi connectivity index (χ3v) is 4.58. The lowest BCUT2D eigenvalue weighted by atomic mass is 10.1. The minimum Gasteiger partial charge on any atom is -0.396 e. The van der Waals surface area contributed by atoms with Gasteiger partial charge >= 0.3 is 11.9 Å². The molecule has 2 aliphatic heterocycles. The Labute approximate surface area is 205 Å². The summed E-state index contributed by atoms with van der Waals surface area (Å²) < 4.78 is 0. The zero-order valence-corrected chi connectivity index (χ0v) is 21.0. The Morgan fingerprint density at radius 3 is 1.34 bits per heavy atom. The van der Waals surface area contributed by atoms with E-state index in [0.717, 1.165) is 12.8 Å². The van der Waals surface area contributed by atoms with Crippen molar-refractivity contribution >= 4 is 35.6 Å². The highest BCUT2D eigenvalue weighted by Gasteiger charge is 2.33. The van der Waals surface area contributed by atoms with Gasteiger partial charge in [-0.3, -0.25) is 19.2 Å². The molecular formula is C23H38N2O10. The lowest BCUT2D eigenvalue weighted by Crippen LogP contribution is -2.32. The van der Waals surface area contributed by atoms with Gasteiger partial charge in [-0.25, -0.2) is 9.59 Å². The lowest BCUT2D eigenvalue weighted by molar-refractivity contribution is -0.197. The molecule has 0 atom stereocenters. The smallest absolute Gasteiger partial charge is 0.335 e. The maximum atomic E-state index is 11.3. The average molecular weight is 503 g/mol. The van der Waals surface area contributed by atoms with Crippen molar-refractivity contribution in [2.75, 3.05) is 13.2 Å². The van der Waals surface area contributed by atoms with E-state index in [2.05, 4.69) is 32.5 Å². The number of carbonyl (C=O) groups is 6. The summed E-state index contributed by atoms with van der Waals surface area (Å²) >= 11 is 0. The number of aliphatic hydroxyl groups excluding tert-OH is 2. The molecule has 4 amide bonds. The lowest BCUT2D eigenvalue weighted by Gasteiger charge is -2.12. The van der Waals surface area contributed by atoms with Crippen molar-refractivity contribution in [1.82, 2.24) is 10.1 Å². The molecule has 12 nitrogen and oxygen atoms in total. The molecule has 0 aliphatic carbocycles. The molecule has 2 rings (SSSR count). The Hall–Kier alpha value is -2.86. The summed E-state index contributed by atoms with van der Waals surface area (Å²) in [7, 11) is 0.